The highest BCUT2D eigenvalue weighted by atomic mass is 16.5. The van der Waals surface area contributed by atoms with Gasteiger partial charge in [-0.2, -0.15) is 0 Å². The third-order valence-electron chi connectivity index (χ3n) is 6.71. The van der Waals surface area contributed by atoms with Gasteiger partial charge in [-0.3, -0.25) is 4.79 Å². The Morgan fingerprint density at radius 3 is 2.25 bits per heavy atom. The maximum Gasteiger partial charge on any atom is 0.308 e. The Morgan fingerprint density at radius 2 is 1.69 bits per heavy atom. The zero-order chi connectivity index (χ0) is 26.2. The van der Waals surface area contributed by atoms with Gasteiger partial charge in [0.25, 0.3) is 0 Å². The number of pyridine rings is 1. The summed E-state index contributed by atoms with van der Waals surface area (Å²) in [4.78, 5) is 15.5. The Kier molecular flexibility index (Phi) is 9.92. The van der Waals surface area contributed by atoms with Gasteiger partial charge in [-0.15, -0.1) is 0 Å². The number of carboxylic acids is 1. The number of aryl methyl sites for hydroxylation is 1. The normalized spacial score (nSPS) is 16.4. The van der Waals surface area contributed by atoms with Crippen molar-refractivity contribution in [2.45, 2.75) is 76.3 Å². The molecule has 36 heavy (non-hydrogen) atoms. The minimum Gasteiger partial charge on any atom is -0.496 e. The number of aliphatic hydroxyl groups excluding tert-OH is 2. The molecule has 1 saturated carbocycles. The lowest BCUT2D eigenvalue weighted by Gasteiger charge is -2.30. The second-order valence-electron chi connectivity index (χ2n) is 9.15. The fourth-order valence-electron chi connectivity index (χ4n) is 4.68. The molecule has 0 radical (unpaired) electrons. The first-order valence-electron chi connectivity index (χ1n) is 12.3. The molecule has 1 aromatic heterocycles. The summed E-state index contributed by atoms with van der Waals surface area (Å²) in [6, 6.07) is 6.85. The van der Waals surface area contributed by atoms with Crippen LogP contribution in [0.4, 0.5) is 0 Å². The molecule has 1 aromatic carbocycles. The van der Waals surface area contributed by atoms with E-state index in [1.54, 1.807) is 38.5 Å². The van der Waals surface area contributed by atoms with Crippen LogP contribution in [0.15, 0.2) is 24.3 Å². The Balaban J connectivity index is 1.80. The summed E-state index contributed by atoms with van der Waals surface area (Å²) < 4.78 is 22.4. The average Bonchev–Trinajstić information content (AvgIpc) is 3.39. The number of ether oxygens (including phenoxy) is 4. The maximum atomic E-state index is 11.2. The molecule has 0 unspecified atom stereocenters. The van der Waals surface area contributed by atoms with E-state index in [0.29, 0.717) is 41.2 Å². The summed E-state index contributed by atoms with van der Waals surface area (Å²) in [7, 11) is 4.54. The van der Waals surface area contributed by atoms with E-state index in [0.717, 1.165) is 31.2 Å². The van der Waals surface area contributed by atoms with Gasteiger partial charge in [0.1, 0.15) is 23.7 Å². The lowest BCUT2D eigenvalue weighted by Crippen LogP contribution is -2.37. The zero-order valence-corrected chi connectivity index (χ0v) is 21.4. The Bertz CT molecular complexity index is 996. The molecule has 9 nitrogen and oxygen atoms in total. The highest BCUT2D eigenvalue weighted by Gasteiger charge is 2.32. The number of methoxy groups -OCH3 is 3. The van der Waals surface area contributed by atoms with E-state index in [2.05, 4.69) is 4.98 Å². The van der Waals surface area contributed by atoms with Crippen LogP contribution in [0.2, 0.25) is 0 Å². The van der Waals surface area contributed by atoms with Crippen LogP contribution in [0.25, 0.3) is 0 Å². The summed E-state index contributed by atoms with van der Waals surface area (Å²) in [5, 5.41) is 31.5. The predicted molar refractivity (Wildman–Crippen MR) is 133 cm³/mol. The molecule has 0 bridgehead atoms. The van der Waals surface area contributed by atoms with Crippen LogP contribution in [0.1, 0.15) is 60.6 Å². The van der Waals surface area contributed by atoms with E-state index in [1.807, 2.05) is 6.92 Å². The summed E-state index contributed by atoms with van der Waals surface area (Å²) in [6.07, 6.45) is 1.62. The van der Waals surface area contributed by atoms with Gasteiger partial charge in [-0.25, -0.2) is 4.98 Å². The van der Waals surface area contributed by atoms with Gasteiger partial charge >= 0.3 is 5.97 Å². The quantitative estimate of drug-likeness (QED) is 0.377. The van der Waals surface area contributed by atoms with Crippen molar-refractivity contribution in [3.63, 3.8) is 0 Å². The van der Waals surface area contributed by atoms with E-state index < -0.39 is 24.3 Å². The number of rotatable bonds is 13. The Labute approximate surface area is 212 Å². The van der Waals surface area contributed by atoms with Crippen LogP contribution in [-0.2, 0) is 22.4 Å². The second-order valence-corrected chi connectivity index (χ2v) is 9.15. The van der Waals surface area contributed by atoms with Crippen LogP contribution in [0.5, 0.6) is 17.4 Å². The van der Waals surface area contributed by atoms with Gasteiger partial charge in [0.2, 0.25) is 5.88 Å². The zero-order valence-electron chi connectivity index (χ0n) is 21.4. The summed E-state index contributed by atoms with van der Waals surface area (Å²) in [6.45, 7) is 1.86. The SMILES string of the molecule is COc1cc([C@@H](O)[C@@H](O)[C@H](CCc2ccc(CC(=O)O)c(OC)n2)OC2CCCC2)cc(OC)c1C. The molecule has 1 aliphatic carbocycles. The molecule has 0 spiro atoms. The third kappa shape index (κ3) is 6.87. The first kappa shape index (κ1) is 27.7. The number of aromatic nitrogens is 1. The van der Waals surface area contributed by atoms with Crippen LogP contribution in [0.3, 0.4) is 0 Å². The fourth-order valence-corrected chi connectivity index (χ4v) is 4.68. The number of carbonyl (C=O) groups is 1. The van der Waals surface area contributed by atoms with Gasteiger partial charge in [0, 0.05) is 16.8 Å². The van der Waals surface area contributed by atoms with Crippen molar-refractivity contribution in [1.82, 2.24) is 4.98 Å². The molecule has 198 valence electrons. The standard InChI is InChI=1S/C27H37NO8/c1-16-22(33-2)13-18(14-23(16)34-3)25(31)26(32)21(36-20-7-5-6-8-20)12-11-19-10-9-17(15-24(29)30)27(28-19)35-4/h9-10,13-14,20-21,25-26,31-32H,5-8,11-12,15H2,1-4H3,(H,29,30)/t21-,25+,26-/m0/s1. The molecule has 0 saturated heterocycles. The van der Waals surface area contributed by atoms with Crippen molar-refractivity contribution >= 4 is 5.97 Å². The number of benzene rings is 1. The smallest absolute Gasteiger partial charge is 0.308 e. The van der Waals surface area contributed by atoms with Crippen LogP contribution < -0.4 is 14.2 Å². The van der Waals surface area contributed by atoms with Crippen molar-refractivity contribution in [2.75, 3.05) is 21.3 Å². The first-order chi connectivity index (χ1) is 17.3. The van der Waals surface area contributed by atoms with Gasteiger partial charge in [0.15, 0.2) is 0 Å². The van der Waals surface area contributed by atoms with Crippen molar-refractivity contribution in [3.05, 3.63) is 46.6 Å². The highest BCUT2D eigenvalue weighted by molar-refractivity contribution is 5.71. The number of carboxylic acid groups (broad SMARTS) is 1. The predicted octanol–water partition coefficient (Wildman–Crippen LogP) is 3.40. The molecular formula is C27H37NO8. The largest absolute Gasteiger partial charge is 0.496 e. The van der Waals surface area contributed by atoms with Crippen LogP contribution in [0, 0.1) is 6.92 Å². The number of nitrogens with zero attached hydrogens (tertiary/aromatic N) is 1. The minimum atomic E-state index is -1.22. The molecule has 3 atom stereocenters. The van der Waals surface area contributed by atoms with E-state index >= 15 is 0 Å². The molecule has 2 aromatic rings. The Morgan fingerprint density at radius 1 is 1.06 bits per heavy atom. The summed E-state index contributed by atoms with van der Waals surface area (Å²) >= 11 is 0. The van der Waals surface area contributed by atoms with Gasteiger partial charge < -0.3 is 34.3 Å². The molecule has 1 aliphatic rings. The monoisotopic (exact) mass is 503 g/mol. The lowest BCUT2D eigenvalue weighted by atomic mass is 9.95. The number of aliphatic hydroxyl groups is 2. The first-order valence-corrected chi connectivity index (χ1v) is 12.3. The van der Waals surface area contributed by atoms with Crippen molar-refractivity contribution in [1.29, 1.82) is 0 Å². The van der Waals surface area contributed by atoms with Crippen LogP contribution >= 0.6 is 0 Å². The Hall–Kier alpha value is -2.88. The molecular weight excluding hydrogens is 466 g/mol. The van der Waals surface area contributed by atoms with Gasteiger partial charge in [0.05, 0.1) is 40.0 Å². The third-order valence-corrected chi connectivity index (χ3v) is 6.71. The lowest BCUT2D eigenvalue weighted by molar-refractivity contribution is -0.136. The molecule has 9 heteroatoms. The summed E-state index contributed by atoms with van der Waals surface area (Å²) in [5.74, 6) is 0.417. The number of hydrogen-bond donors (Lipinski definition) is 3. The van der Waals surface area contributed by atoms with Crippen LogP contribution in [-0.4, -0.2) is 65.9 Å². The van der Waals surface area contributed by atoms with Crippen molar-refractivity contribution < 1.29 is 39.1 Å². The number of aliphatic carboxylic acids is 1. The van der Waals surface area contributed by atoms with Gasteiger partial charge in [-0.1, -0.05) is 18.9 Å². The van der Waals surface area contributed by atoms with Crippen molar-refractivity contribution in [3.8, 4) is 17.4 Å². The average molecular weight is 504 g/mol. The molecule has 0 aliphatic heterocycles. The minimum absolute atomic E-state index is 0.0272. The maximum absolute atomic E-state index is 11.2. The molecule has 3 rings (SSSR count). The van der Waals surface area contributed by atoms with Crippen molar-refractivity contribution in [2.24, 2.45) is 0 Å². The van der Waals surface area contributed by atoms with E-state index in [9.17, 15) is 15.0 Å². The molecule has 1 heterocycles. The van der Waals surface area contributed by atoms with E-state index in [-0.39, 0.29) is 18.4 Å². The highest BCUT2D eigenvalue weighted by Crippen LogP contribution is 2.35. The van der Waals surface area contributed by atoms with Gasteiger partial charge in [-0.05, 0) is 56.4 Å². The fraction of sp³-hybridized carbons (Fsp3) is 0.556. The second kappa shape index (κ2) is 12.9. The summed E-state index contributed by atoms with van der Waals surface area (Å²) in [5.41, 5.74) is 2.45. The molecule has 0 amide bonds. The topological polar surface area (TPSA) is 128 Å². The molecule has 1 fully saturated rings. The van der Waals surface area contributed by atoms with E-state index in [1.165, 1.54) is 7.11 Å². The molecule has 3 N–H and O–H groups in total. The number of hydrogen-bond acceptors (Lipinski definition) is 8. The van der Waals surface area contributed by atoms with E-state index in [4.69, 9.17) is 24.1 Å².